The Morgan fingerprint density at radius 2 is 2.20 bits per heavy atom. The van der Waals surface area contributed by atoms with Crippen molar-refractivity contribution < 1.29 is 18.1 Å². The molecule has 3 N–H and O–H groups in total. The maximum absolute atomic E-state index is 11.2. The van der Waals surface area contributed by atoms with Gasteiger partial charge >= 0.3 is 0 Å². The van der Waals surface area contributed by atoms with Gasteiger partial charge in [0.25, 0.3) is 5.69 Å². The molecule has 0 aromatic heterocycles. The number of nitro benzene ring substituents is 1. The minimum atomic E-state index is -3.97. The average Bonchev–Trinajstić information content (AvgIpc) is 2.38. The number of anilines is 1. The molecule has 1 atom stereocenters. The molecule has 0 unspecified atom stereocenters. The van der Waals surface area contributed by atoms with Crippen LogP contribution in [0.4, 0.5) is 11.4 Å². The zero-order chi connectivity index (χ0) is 14.8. The van der Waals surface area contributed by atoms with E-state index in [1.165, 1.54) is 12.1 Å². The van der Waals surface area contributed by atoms with Crippen molar-refractivity contribution in [2.24, 2.45) is 5.14 Å². The van der Waals surface area contributed by atoms with E-state index in [9.17, 15) is 18.5 Å². The maximum Gasteiger partial charge on any atom is 0.293 e. The van der Waals surface area contributed by atoms with Crippen LogP contribution in [-0.4, -0.2) is 32.6 Å². The normalized spacial score (nSPS) is 19.6. The summed E-state index contributed by atoms with van der Waals surface area (Å²) in [6, 6.07) is 3.53. The van der Waals surface area contributed by atoms with Crippen molar-refractivity contribution in [2.45, 2.75) is 23.8 Å². The summed E-state index contributed by atoms with van der Waals surface area (Å²) < 4.78 is 27.7. The Hall–Kier alpha value is -1.71. The Balaban J connectivity index is 2.30. The smallest absolute Gasteiger partial charge is 0.293 e. The molecule has 1 aromatic carbocycles. The molecule has 0 radical (unpaired) electrons. The number of hydrogen-bond acceptors (Lipinski definition) is 6. The highest BCUT2D eigenvalue weighted by molar-refractivity contribution is 7.89. The molecule has 20 heavy (non-hydrogen) atoms. The SMILES string of the molecule is NS(=O)(=O)c1ccc(N[C@H]2CCCOC2)c([N+](=O)[O-])c1. The molecule has 0 bridgehead atoms. The van der Waals surface area contributed by atoms with Crippen molar-refractivity contribution in [1.29, 1.82) is 0 Å². The number of hydrogen-bond donors (Lipinski definition) is 2. The van der Waals surface area contributed by atoms with E-state index in [1.54, 1.807) is 0 Å². The Labute approximate surface area is 116 Å². The van der Waals surface area contributed by atoms with Gasteiger partial charge in [0.05, 0.1) is 16.4 Å². The zero-order valence-corrected chi connectivity index (χ0v) is 11.4. The number of ether oxygens (including phenoxy) is 1. The molecule has 0 aliphatic carbocycles. The van der Waals surface area contributed by atoms with Gasteiger partial charge in [-0.3, -0.25) is 10.1 Å². The summed E-state index contributed by atoms with van der Waals surface area (Å²) in [5, 5.41) is 19.0. The Morgan fingerprint density at radius 1 is 1.45 bits per heavy atom. The van der Waals surface area contributed by atoms with Crippen LogP contribution >= 0.6 is 0 Å². The van der Waals surface area contributed by atoms with Crippen LogP contribution in [0.2, 0.25) is 0 Å². The van der Waals surface area contributed by atoms with Gasteiger partial charge < -0.3 is 10.1 Å². The first-order chi connectivity index (χ1) is 9.38. The summed E-state index contributed by atoms with van der Waals surface area (Å²) >= 11 is 0. The first kappa shape index (κ1) is 14.7. The number of benzene rings is 1. The fraction of sp³-hybridized carbons (Fsp3) is 0.455. The van der Waals surface area contributed by atoms with Crippen LogP contribution in [-0.2, 0) is 14.8 Å². The van der Waals surface area contributed by atoms with Crippen LogP contribution in [0.1, 0.15) is 12.8 Å². The van der Waals surface area contributed by atoms with Crippen LogP contribution in [0, 0.1) is 10.1 Å². The lowest BCUT2D eigenvalue weighted by Crippen LogP contribution is -2.30. The molecular weight excluding hydrogens is 286 g/mol. The Morgan fingerprint density at radius 3 is 2.75 bits per heavy atom. The van der Waals surface area contributed by atoms with Gasteiger partial charge in [-0.1, -0.05) is 0 Å². The van der Waals surface area contributed by atoms with Gasteiger partial charge in [-0.2, -0.15) is 0 Å². The molecule has 1 fully saturated rings. The van der Waals surface area contributed by atoms with Crippen LogP contribution in [0.25, 0.3) is 0 Å². The minimum absolute atomic E-state index is 0.0252. The molecule has 0 spiro atoms. The van der Waals surface area contributed by atoms with E-state index in [1.807, 2.05) is 0 Å². The van der Waals surface area contributed by atoms with Gasteiger partial charge in [0, 0.05) is 18.7 Å². The van der Waals surface area contributed by atoms with Crippen molar-refractivity contribution >= 4 is 21.4 Å². The lowest BCUT2D eigenvalue weighted by Gasteiger charge is -2.24. The second-order valence-electron chi connectivity index (χ2n) is 4.54. The fourth-order valence-electron chi connectivity index (χ4n) is 2.04. The van der Waals surface area contributed by atoms with Gasteiger partial charge in [0.2, 0.25) is 10.0 Å². The summed E-state index contributed by atoms with van der Waals surface area (Å²) in [7, 11) is -3.97. The molecule has 1 saturated heterocycles. The monoisotopic (exact) mass is 301 g/mol. The maximum atomic E-state index is 11.2. The molecule has 1 aromatic rings. The van der Waals surface area contributed by atoms with Crippen molar-refractivity contribution in [3.05, 3.63) is 28.3 Å². The van der Waals surface area contributed by atoms with Crippen molar-refractivity contribution in [2.75, 3.05) is 18.5 Å². The Bertz CT molecular complexity index is 610. The van der Waals surface area contributed by atoms with Crippen molar-refractivity contribution in [3.8, 4) is 0 Å². The number of nitro groups is 1. The highest BCUT2D eigenvalue weighted by atomic mass is 32.2. The highest BCUT2D eigenvalue weighted by Crippen LogP contribution is 2.28. The van der Waals surface area contributed by atoms with E-state index in [0.717, 1.165) is 18.9 Å². The summed E-state index contributed by atoms with van der Waals surface area (Å²) in [4.78, 5) is 10.1. The second-order valence-corrected chi connectivity index (χ2v) is 6.10. The minimum Gasteiger partial charge on any atom is -0.379 e. The molecule has 110 valence electrons. The molecular formula is C11H15N3O5S. The van der Waals surface area contributed by atoms with Gasteiger partial charge in [-0.15, -0.1) is 0 Å². The summed E-state index contributed by atoms with van der Waals surface area (Å²) in [6.45, 7) is 1.15. The molecule has 0 saturated carbocycles. The van der Waals surface area contributed by atoms with Gasteiger partial charge in [0.1, 0.15) is 5.69 Å². The quantitative estimate of drug-likeness (QED) is 0.627. The number of primary sulfonamides is 1. The van der Waals surface area contributed by atoms with Gasteiger partial charge in [-0.05, 0) is 25.0 Å². The zero-order valence-electron chi connectivity index (χ0n) is 10.6. The van der Waals surface area contributed by atoms with Crippen LogP contribution < -0.4 is 10.5 Å². The van der Waals surface area contributed by atoms with E-state index in [0.29, 0.717) is 13.2 Å². The van der Waals surface area contributed by atoms with E-state index in [-0.39, 0.29) is 22.3 Å². The molecule has 8 nitrogen and oxygen atoms in total. The van der Waals surface area contributed by atoms with Gasteiger partial charge in [-0.25, -0.2) is 13.6 Å². The molecule has 1 aliphatic rings. The molecule has 2 rings (SSSR count). The summed E-state index contributed by atoms with van der Waals surface area (Å²) in [5.74, 6) is 0. The topological polar surface area (TPSA) is 125 Å². The van der Waals surface area contributed by atoms with E-state index in [4.69, 9.17) is 9.88 Å². The van der Waals surface area contributed by atoms with E-state index in [2.05, 4.69) is 5.32 Å². The first-order valence-electron chi connectivity index (χ1n) is 6.03. The number of nitrogens with one attached hydrogen (secondary N) is 1. The molecule has 1 heterocycles. The largest absolute Gasteiger partial charge is 0.379 e. The second kappa shape index (κ2) is 5.73. The third-order valence-corrected chi connectivity index (χ3v) is 3.93. The van der Waals surface area contributed by atoms with E-state index >= 15 is 0 Å². The lowest BCUT2D eigenvalue weighted by molar-refractivity contribution is -0.384. The standard InChI is InChI=1S/C11H15N3O5S/c12-20(17,18)9-3-4-10(11(6-9)14(15)16)13-8-2-1-5-19-7-8/h3-4,6,8,13H,1-2,5,7H2,(H2,12,17,18)/t8-/m0/s1. The van der Waals surface area contributed by atoms with Crippen molar-refractivity contribution in [1.82, 2.24) is 0 Å². The predicted molar refractivity (Wildman–Crippen MR) is 71.9 cm³/mol. The van der Waals surface area contributed by atoms with Crippen LogP contribution in [0.15, 0.2) is 23.1 Å². The third kappa shape index (κ3) is 3.44. The molecule has 1 aliphatic heterocycles. The average molecular weight is 301 g/mol. The molecule has 9 heteroatoms. The summed E-state index contributed by atoms with van der Waals surface area (Å²) in [6.07, 6.45) is 1.72. The van der Waals surface area contributed by atoms with Crippen LogP contribution in [0.5, 0.6) is 0 Å². The lowest BCUT2D eigenvalue weighted by atomic mass is 10.1. The number of nitrogens with two attached hydrogens (primary N) is 1. The van der Waals surface area contributed by atoms with E-state index < -0.39 is 14.9 Å². The highest BCUT2D eigenvalue weighted by Gasteiger charge is 2.22. The number of nitrogens with zero attached hydrogens (tertiary/aromatic N) is 1. The number of sulfonamides is 1. The fourth-order valence-corrected chi connectivity index (χ4v) is 2.57. The number of rotatable bonds is 4. The van der Waals surface area contributed by atoms with Crippen LogP contribution in [0.3, 0.4) is 0 Å². The summed E-state index contributed by atoms with van der Waals surface area (Å²) in [5.41, 5.74) is -0.0556. The third-order valence-electron chi connectivity index (χ3n) is 3.01. The van der Waals surface area contributed by atoms with Crippen molar-refractivity contribution in [3.63, 3.8) is 0 Å². The Kier molecular flexibility index (Phi) is 4.21. The molecule has 0 amide bonds. The van der Waals surface area contributed by atoms with Gasteiger partial charge in [0.15, 0.2) is 0 Å². The first-order valence-corrected chi connectivity index (χ1v) is 7.58. The predicted octanol–water partition coefficient (Wildman–Crippen LogP) is 0.833.